The van der Waals surface area contributed by atoms with Crippen LogP contribution in [0.4, 0.5) is 0 Å². The maximum atomic E-state index is 13.8. The summed E-state index contributed by atoms with van der Waals surface area (Å²) in [7, 11) is 0. The highest BCUT2D eigenvalue weighted by molar-refractivity contribution is 8.00. The second-order valence-electron chi connectivity index (χ2n) is 9.50. The van der Waals surface area contributed by atoms with E-state index in [1.807, 2.05) is 91.0 Å². The smallest absolute Gasteiger partial charge is 0.334 e. The normalized spacial score (nSPS) is 20.9. The van der Waals surface area contributed by atoms with Crippen LogP contribution in [0.2, 0.25) is 0 Å². The molecule has 0 saturated carbocycles. The summed E-state index contributed by atoms with van der Waals surface area (Å²) in [6.07, 6.45) is 0.656. The Morgan fingerprint density at radius 3 is 2.10 bits per heavy atom. The van der Waals surface area contributed by atoms with Crippen molar-refractivity contribution in [1.82, 2.24) is 10.2 Å². The topological polar surface area (TPSA) is 102 Å². The van der Waals surface area contributed by atoms with Crippen LogP contribution in [0.1, 0.15) is 29.7 Å². The Morgan fingerprint density at radius 1 is 0.950 bits per heavy atom. The molecule has 2 aliphatic rings. The van der Waals surface area contributed by atoms with E-state index in [1.54, 1.807) is 0 Å². The van der Waals surface area contributed by atoms with Crippen LogP contribution in [0.5, 0.6) is 0 Å². The van der Waals surface area contributed by atoms with Crippen LogP contribution in [0.15, 0.2) is 103 Å². The summed E-state index contributed by atoms with van der Waals surface area (Å²) >= 11 is 1.39. The molecule has 2 heterocycles. The van der Waals surface area contributed by atoms with Crippen LogP contribution in [0.25, 0.3) is 0 Å². The van der Waals surface area contributed by atoms with E-state index in [0.717, 1.165) is 16.7 Å². The summed E-state index contributed by atoms with van der Waals surface area (Å²) in [5.41, 5.74) is 2.81. The van der Waals surface area contributed by atoms with E-state index < -0.39 is 41.4 Å². The third-order valence-electron chi connectivity index (χ3n) is 6.69. The fourth-order valence-corrected chi connectivity index (χ4v) is 6.15. The zero-order valence-electron chi connectivity index (χ0n) is 21.8. The molecule has 2 unspecified atom stereocenters. The summed E-state index contributed by atoms with van der Waals surface area (Å²) in [6.45, 7) is 1.26. The number of thioether (sulfide) groups is 1. The lowest BCUT2D eigenvalue weighted by molar-refractivity contribution is -0.165. The summed E-state index contributed by atoms with van der Waals surface area (Å²) in [4.78, 5) is 52.8. The monoisotopic (exact) mass is 556 g/mol. The molecule has 9 heteroatoms. The first kappa shape index (κ1) is 27.2. The van der Waals surface area contributed by atoms with Crippen LogP contribution in [0, 0.1) is 0 Å². The molecule has 5 rings (SSSR count). The van der Waals surface area contributed by atoms with E-state index in [0.29, 0.717) is 11.3 Å². The van der Waals surface area contributed by atoms with E-state index in [4.69, 9.17) is 9.47 Å². The van der Waals surface area contributed by atoms with Crippen molar-refractivity contribution in [3.8, 4) is 0 Å². The fourth-order valence-electron chi connectivity index (χ4n) is 4.80. The molecule has 2 amide bonds. The van der Waals surface area contributed by atoms with Crippen molar-refractivity contribution in [2.75, 3.05) is 5.75 Å². The average molecular weight is 557 g/mol. The first-order valence-corrected chi connectivity index (χ1v) is 13.9. The van der Waals surface area contributed by atoms with E-state index in [2.05, 4.69) is 5.32 Å². The lowest BCUT2D eigenvalue weighted by atomic mass is 9.97. The summed E-state index contributed by atoms with van der Waals surface area (Å²) in [5, 5.41) is 2.36. The van der Waals surface area contributed by atoms with Crippen molar-refractivity contribution in [3.63, 3.8) is 0 Å². The third kappa shape index (κ3) is 5.94. The Labute approximate surface area is 236 Å². The van der Waals surface area contributed by atoms with Crippen molar-refractivity contribution in [2.45, 2.75) is 36.9 Å². The van der Waals surface area contributed by atoms with E-state index in [1.165, 1.54) is 29.8 Å². The first-order chi connectivity index (χ1) is 19.4. The minimum Gasteiger partial charge on any atom is -0.451 e. The molecule has 1 N–H and O–H groups in total. The Kier molecular flexibility index (Phi) is 8.31. The van der Waals surface area contributed by atoms with E-state index >= 15 is 0 Å². The van der Waals surface area contributed by atoms with Gasteiger partial charge in [0.1, 0.15) is 11.4 Å². The number of ether oxygens (including phenoxy) is 2. The molecule has 3 aromatic rings. The number of carbonyl (C=O) groups excluding carboxylic acids is 4. The Morgan fingerprint density at radius 2 is 1.52 bits per heavy atom. The van der Waals surface area contributed by atoms with Gasteiger partial charge in [-0.3, -0.25) is 14.4 Å². The van der Waals surface area contributed by atoms with Gasteiger partial charge in [0.05, 0.1) is 12.7 Å². The van der Waals surface area contributed by atoms with Gasteiger partial charge < -0.3 is 19.7 Å². The van der Waals surface area contributed by atoms with E-state index in [-0.39, 0.29) is 12.3 Å². The van der Waals surface area contributed by atoms with Gasteiger partial charge in [0.25, 0.3) is 0 Å². The van der Waals surface area contributed by atoms with Gasteiger partial charge in [-0.25, -0.2) is 4.79 Å². The predicted molar refractivity (Wildman–Crippen MR) is 150 cm³/mol. The largest absolute Gasteiger partial charge is 0.451 e. The predicted octanol–water partition coefficient (Wildman–Crippen LogP) is 3.78. The molecule has 0 spiro atoms. The van der Waals surface area contributed by atoms with Gasteiger partial charge in [0.2, 0.25) is 11.8 Å². The molecule has 3 atom stereocenters. The summed E-state index contributed by atoms with van der Waals surface area (Å²) in [6, 6.07) is 26.1. The zero-order valence-corrected chi connectivity index (χ0v) is 22.6. The highest BCUT2D eigenvalue weighted by Crippen LogP contribution is 2.41. The average Bonchev–Trinajstić information content (AvgIpc) is 2.98. The molecular formula is C31H28N2O6S. The number of benzene rings is 3. The molecule has 0 radical (unpaired) electrons. The van der Waals surface area contributed by atoms with Crippen LogP contribution in [-0.4, -0.2) is 51.9 Å². The van der Waals surface area contributed by atoms with Gasteiger partial charge in [-0.1, -0.05) is 91.0 Å². The van der Waals surface area contributed by atoms with Crippen LogP contribution < -0.4 is 5.32 Å². The number of β-lactam (4-membered cyclic amide) rings is 1. The Balaban J connectivity index is 1.38. The molecule has 40 heavy (non-hydrogen) atoms. The molecule has 0 bridgehead atoms. The quantitative estimate of drug-likeness (QED) is 0.256. The second kappa shape index (κ2) is 12.2. The molecule has 3 aromatic carbocycles. The lowest BCUT2D eigenvalue weighted by Crippen LogP contribution is -2.74. The second-order valence-corrected chi connectivity index (χ2v) is 10.6. The van der Waals surface area contributed by atoms with Crippen molar-refractivity contribution < 1.29 is 28.7 Å². The maximum Gasteiger partial charge on any atom is 0.334 e. The molecule has 0 aromatic heterocycles. The molecular weight excluding hydrogens is 528 g/mol. The minimum absolute atomic E-state index is 0.140. The first-order valence-electron chi connectivity index (χ1n) is 12.9. The number of hydrogen-bond donors (Lipinski definition) is 1. The van der Waals surface area contributed by atoms with Gasteiger partial charge in [0, 0.05) is 18.2 Å². The fraction of sp³-hybridized carbons (Fsp3) is 0.226. The summed E-state index contributed by atoms with van der Waals surface area (Å²) < 4.78 is 11.2. The molecule has 8 nitrogen and oxygen atoms in total. The van der Waals surface area contributed by atoms with Gasteiger partial charge in [-0.2, -0.15) is 0 Å². The Bertz CT molecular complexity index is 1370. The van der Waals surface area contributed by atoms with Gasteiger partial charge >= 0.3 is 11.9 Å². The van der Waals surface area contributed by atoms with Gasteiger partial charge in [-0.15, -0.1) is 11.8 Å². The Hall–Kier alpha value is -4.37. The lowest BCUT2D eigenvalue weighted by Gasteiger charge is -2.52. The van der Waals surface area contributed by atoms with Gasteiger partial charge in [-0.05, 0) is 16.7 Å². The van der Waals surface area contributed by atoms with Gasteiger partial charge in [0.15, 0.2) is 12.1 Å². The molecule has 2 saturated heterocycles. The maximum absolute atomic E-state index is 13.8. The number of nitrogens with zero attached hydrogens (tertiary/aromatic N) is 1. The number of hydrogen-bond acceptors (Lipinski definition) is 7. The molecule has 0 aliphatic carbocycles. The number of fused-ring (bicyclic) bond motifs is 1. The number of nitrogens with one attached hydrogen (secondary N) is 1. The minimum atomic E-state index is -1.10. The number of carbonyl (C=O) groups is 4. The van der Waals surface area contributed by atoms with Crippen LogP contribution in [0.3, 0.4) is 0 Å². The highest BCUT2D eigenvalue weighted by Gasteiger charge is 2.57. The highest BCUT2D eigenvalue weighted by atomic mass is 32.2. The third-order valence-corrected chi connectivity index (χ3v) is 8.03. The zero-order chi connectivity index (χ0) is 28.1. The van der Waals surface area contributed by atoms with Crippen LogP contribution in [-0.2, 0) is 35.1 Å². The number of esters is 2. The molecule has 204 valence electrons. The molecule has 2 aliphatic heterocycles. The van der Waals surface area contributed by atoms with E-state index in [9.17, 15) is 19.2 Å². The van der Waals surface area contributed by atoms with Crippen molar-refractivity contribution in [1.29, 1.82) is 0 Å². The molecule has 2 fully saturated rings. The van der Waals surface area contributed by atoms with Crippen molar-refractivity contribution in [2.24, 2.45) is 0 Å². The number of amides is 2. The van der Waals surface area contributed by atoms with Crippen LogP contribution >= 0.6 is 11.8 Å². The summed E-state index contributed by atoms with van der Waals surface area (Å²) in [5.74, 6) is -1.56. The SMILES string of the molecule is CC(=O)OC=C1CS[C@@H]2C(NC(=O)Cc3ccccc3)C(=O)N2C1C(=O)OC(c1ccccc1)c1ccccc1. The van der Waals surface area contributed by atoms with Crippen molar-refractivity contribution >= 4 is 35.5 Å². The standard InChI is InChI=1S/C31H28N2O6S/c1-20(34)38-18-24-19-40-30-26(32-25(35)17-21-11-5-2-6-12-21)29(36)33(30)27(24)31(37)39-28(22-13-7-3-8-14-22)23-15-9-4-10-16-23/h2-16,18,26-28,30H,17,19H2,1H3,(H,32,35)/t26?,27?,30-/m1/s1. The number of rotatable bonds is 8. The van der Waals surface area contributed by atoms with Crippen molar-refractivity contribution in [3.05, 3.63) is 120 Å².